The summed E-state index contributed by atoms with van der Waals surface area (Å²) in [5.41, 5.74) is 1.86. The zero-order chi connectivity index (χ0) is 23.5. The van der Waals surface area contributed by atoms with Crippen molar-refractivity contribution in [1.82, 2.24) is 0 Å². The van der Waals surface area contributed by atoms with Crippen LogP contribution < -0.4 is 19.1 Å². The number of benzene rings is 2. The molecule has 2 aromatic carbocycles. The van der Waals surface area contributed by atoms with Crippen molar-refractivity contribution in [2.75, 3.05) is 36.6 Å². The summed E-state index contributed by atoms with van der Waals surface area (Å²) in [6.07, 6.45) is 0. The molecule has 6 nitrogen and oxygen atoms in total. The van der Waals surface area contributed by atoms with Gasteiger partial charge in [0.05, 0.1) is 0 Å². The molecule has 0 aliphatic carbocycles. The monoisotopic (exact) mass is 648 g/mol. The first kappa shape index (κ1) is 28.5. The van der Waals surface area contributed by atoms with E-state index in [2.05, 4.69) is 34.4 Å². The van der Waals surface area contributed by atoms with E-state index in [1.54, 1.807) is 0 Å². The minimum absolute atomic E-state index is 0.381. The molecule has 0 heterocycles. The summed E-state index contributed by atoms with van der Waals surface area (Å²) in [7, 11) is 0. The van der Waals surface area contributed by atoms with Gasteiger partial charge in [-0.15, -0.1) is 0 Å². The molecular formula is C20H30N2O4P2S2Se2. The van der Waals surface area contributed by atoms with Gasteiger partial charge in [0.2, 0.25) is 0 Å². The zero-order valence-corrected chi connectivity index (χ0v) is 25.5. The fourth-order valence-corrected chi connectivity index (χ4v) is 13.0. The summed E-state index contributed by atoms with van der Waals surface area (Å²) >= 11 is 11.8. The predicted octanol–water partition coefficient (Wildman–Crippen LogP) is 4.38. The Morgan fingerprint density at radius 2 is 0.875 bits per heavy atom. The Kier molecular flexibility index (Phi) is 13.0. The van der Waals surface area contributed by atoms with Gasteiger partial charge < -0.3 is 0 Å². The van der Waals surface area contributed by atoms with Crippen LogP contribution >= 0.6 is 13.3 Å². The van der Waals surface area contributed by atoms with Crippen molar-refractivity contribution in [2.45, 2.75) is 27.7 Å². The molecular weight excluding hydrogens is 616 g/mol. The Morgan fingerprint density at radius 3 is 1.12 bits per heavy atom. The first-order chi connectivity index (χ1) is 15.3. The van der Waals surface area contributed by atoms with E-state index in [-0.39, 0.29) is 0 Å². The summed E-state index contributed by atoms with van der Waals surface area (Å²) in [6, 6.07) is 16.8. The maximum absolute atomic E-state index is 5.65. The molecule has 2 aromatic rings. The van der Waals surface area contributed by atoms with E-state index in [1.165, 1.54) is 8.92 Å². The van der Waals surface area contributed by atoms with E-state index in [0.717, 1.165) is 11.4 Å². The molecule has 0 amide bonds. The molecule has 0 fully saturated rings. The summed E-state index contributed by atoms with van der Waals surface area (Å²) in [5, 5.41) is 6.52. The van der Waals surface area contributed by atoms with Gasteiger partial charge >= 0.3 is 214 Å². The van der Waals surface area contributed by atoms with Gasteiger partial charge in [0, 0.05) is 0 Å². The summed E-state index contributed by atoms with van der Waals surface area (Å²) in [5.74, 6) is 0. The number of nitrogens with one attached hydrogen (secondary N) is 2. The molecule has 178 valence electrons. The van der Waals surface area contributed by atoms with Gasteiger partial charge in [0.15, 0.2) is 0 Å². The van der Waals surface area contributed by atoms with Crippen LogP contribution in [-0.4, -0.2) is 52.7 Å². The molecule has 0 saturated carbocycles. The van der Waals surface area contributed by atoms with E-state index >= 15 is 0 Å². The van der Waals surface area contributed by atoms with Crippen LogP contribution in [0.25, 0.3) is 0 Å². The van der Waals surface area contributed by atoms with Crippen molar-refractivity contribution in [1.29, 1.82) is 0 Å². The van der Waals surface area contributed by atoms with Crippen LogP contribution in [0.5, 0.6) is 0 Å². The van der Waals surface area contributed by atoms with Crippen molar-refractivity contribution in [2.24, 2.45) is 0 Å². The van der Waals surface area contributed by atoms with Gasteiger partial charge in [0.1, 0.15) is 0 Å². The topological polar surface area (TPSA) is 61.0 Å². The molecule has 0 spiro atoms. The first-order valence-electron chi connectivity index (χ1n) is 10.2. The van der Waals surface area contributed by atoms with Crippen LogP contribution in [0.2, 0.25) is 0 Å². The fraction of sp³-hybridized carbons (Fsp3) is 0.400. The Balaban J connectivity index is 1.92. The van der Waals surface area contributed by atoms with E-state index in [0.29, 0.717) is 52.7 Å². The summed E-state index contributed by atoms with van der Waals surface area (Å²) in [6.45, 7) is 4.81. The molecule has 2 N–H and O–H groups in total. The Morgan fingerprint density at radius 1 is 0.594 bits per heavy atom. The molecule has 0 unspecified atom stereocenters. The molecule has 12 heteroatoms. The normalized spacial score (nSPS) is 12.0. The molecule has 0 aromatic heterocycles. The molecule has 0 saturated heterocycles. The predicted molar refractivity (Wildman–Crippen MR) is 146 cm³/mol. The van der Waals surface area contributed by atoms with Crippen LogP contribution in [0.15, 0.2) is 48.5 Å². The second-order valence-corrected chi connectivity index (χ2v) is 18.8. The first-order valence-corrected chi connectivity index (χ1v) is 21.6. The fourth-order valence-electron chi connectivity index (χ4n) is 2.47. The van der Waals surface area contributed by atoms with Gasteiger partial charge in [-0.1, -0.05) is 0 Å². The van der Waals surface area contributed by atoms with Gasteiger partial charge in [-0.25, -0.2) is 0 Å². The second kappa shape index (κ2) is 14.6. The summed E-state index contributed by atoms with van der Waals surface area (Å²) in [4.78, 5) is 0. The molecule has 0 radical (unpaired) electrons. The average molecular weight is 646 g/mol. The molecule has 0 bridgehead atoms. The molecule has 0 aliphatic heterocycles. The van der Waals surface area contributed by atoms with Crippen molar-refractivity contribution in [3.8, 4) is 0 Å². The van der Waals surface area contributed by atoms with E-state index in [9.17, 15) is 0 Å². The second-order valence-electron chi connectivity index (χ2n) is 6.11. The quantitative estimate of drug-likeness (QED) is 0.219. The van der Waals surface area contributed by atoms with Crippen LogP contribution in [-0.2, 0) is 41.7 Å². The van der Waals surface area contributed by atoms with Crippen molar-refractivity contribution in [3.63, 3.8) is 0 Å². The van der Waals surface area contributed by atoms with Gasteiger partial charge in [-0.2, -0.15) is 0 Å². The molecule has 2 rings (SSSR count). The molecule has 0 aliphatic rings. The van der Waals surface area contributed by atoms with Crippen molar-refractivity contribution >= 4 is 83.5 Å². The SMILES string of the molecule is CCOP(=S)(Nc1ccc([Se][Se]c2ccc(NP(=S)(OCC)OCC)cc2)cc1)OCC. The van der Waals surface area contributed by atoms with Crippen LogP contribution in [0.4, 0.5) is 11.4 Å². The average Bonchev–Trinajstić information content (AvgIpc) is 2.75. The minimum atomic E-state index is -2.49. The van der Waals surface area contributed by atoms with Crippen LogP contribution in [0.3, 0.4) is 0 Å². The Bertz CT molecular complexity index is 825. The number of rotatable bonds is 15. The molecule has 32 heavy (non-hydrogen) atoms. The van der Waals surface area contributed by atoms with Gasteiger partial charge in [0.25, 0.3) is 0 Å². The Hall–Kier alpha value is 0.219. The Labute approximate surface area is 213 Å². The van der Waals surface area contributed by atoms with Crippen molar-refractivity contribution in [3.05, 3.63) is 48.5 Å². The zero-order valence-electron chi connectivity index (χ0n) is 18.6. The number of anilines is 2. The van der Waals surface area contributed by atoms with Gasteiger partial charge in [-0.3, -0.25) is 0 Å². The van der Waals surface area contributed by atoms with Gasteiger partial charge in [-0.05, 0) is 0 Å². The standard InChI is InChI=1S/C20H30N2O4P2S2Se2/c1-5-23-27(29,24-6-2)21-17-9-13-19(14-10-17)31-32-20-15-11-18(12-16-20)22-28(30,25-7-3)26-8-4/h9-16H,5-8H2,1-4H3,(H,21,29)(H,22,30). The third-order valence-corrected chi connectivity index (χ3v) is 16.2. The van der Waals surface area contributed by atoms with E-state index < -0.39 is 13.3 Å². The number of hydrogen-bond acceptors (Lipinski definition) is 6. The third kappa shape index (κ3) is 9.83. The van der Waals surface area contributed by atoms with Crippen LogP contribution in [0, 0.1) is 0 Å². The summed E-state index contributed by atoms with van der Waals surface area (Å²) < 4.78 is 25.3. The third-order valence-electron chi connectivity index (χ3n) is 3.67. The van der Waals surface area contributed by atoms with E-state index in [1.807, 2.05) is 52.0 Å². The van der Waals surface area contributed by atoms with E-state index in [4.69, 9.17) is 41.7 Å². The number of hydrogen-bond donors (Lipinski definition) is 2. The van der Waals surface area contributed by atoms with Crippen LogP contribution in [0.1, 0.15) is 27.7 Å². The molecule has 0 atom stereocenters. The van der Waals surface area contributed by atoms with Crippen molar-refractivity contribution < 1.29 is 18.1 Å². The maximum atomic E-state index is 5.65.